The molecule has 3 heteroatoms. The SMILES string of the molecule is Cc1ccc(Br)cc1C(=O)C(C)Cl. The predicted molar refractivity (Wildman–Crippen MR) is 58.5 cm³/mol. The summed E-state index contributed by atoms with van der Waals surface area (Å²) in [6, 6.07) is 5.61. The topological polar surface area (TPSA) is 17.1 Å². The quantitative estimate of drug-likeness (QED) is 0.587. The summed E-state index contributed by atoms with van der Waals surface area (Å²) in [6.45, 7) is 3.59. The molecule has 0 bridgehead atoms. The molecule has 1 aromatic carbocycles. The third-order valence-electron chi connectivity index (χ3n) is 1.83. The summed E-state index contributed by atoms with van der Waals surface area (Å²) in [5.74, 6) is -0.0273. The van der Waals surface area contributed by atoms with Gasteiger partial charge in [0.1, 0.15) is 0 Å². The summed E-state index contributed by atoms with van der Waals surface area (Å²) in [5.41, 5.74) is 1.65. The normalized spacial score (nSPS) is 12.6. The van der Waals surface area contributed by atoms with Gasteiger partial charge in [-0.3, -0.25) is 4.79 Å². The van der Waals surface area contributed by atoms with Crippen molar-refractivity contribution in [2.45, 2.75) is 19.2 Å². The molecule has 13 heavy (non-hydrogen) atoms. The van der Waals surface area contributed by atoms with Crippen LogP contribution in [0.2, 0.25) is 0 Å². The molecule has 0 aromatic heterocycles. The standard InChI is InChI=1S/C10H10BrClO/c1-6-3-4-8(11)5-9(6)10(13)7(2)12/h3-5,7H,1-2H3. The first kappa shape index (κ1) is 10.7. The molecule has 0 saturated heterocycles. The molecular formula is C10H10BrClO. The number of ketones is 1. The second-order valence-corrected chi connectivity index (χ2v) is 4.51. The van der Waals surface area contributed by atoms with Crippen molar-refractivity contribution >= 4 is 33.3 Å². The van der Waals surface area contributed by atoms with Crippen molar-refractivity contribution < 1.29 is 4.79 Å². The van der Waals surface area contributed by atoms with Gasteiger partial charge in [0.15, 0.2) is 5.78 Å². The first-order chi connectivity index (χ1) is 6.02. The van der Waals surface area contributed by atoms with E-state index in [1.165, 1.54) is 0 Å². The smallest absolute Gasteiger partial charge is 0.180 e. The van der Waals surface area contributed by atoms with Crippen LogP contribution in [0.3, 0.4) is 0 Å². The van der Waals surface area contributed by atoms with Crippen LogP contribution in [0.4, 0.5) is 0 Å². The highest BCUT2D eigenvalue weighted by Crippen LogP contribution is 2.18. The maximum Gasteiger partial charge on any atom is 0.180 e. The lowest BCUT2D eigenvalue weighted by molar-refractivity contribution is 0.0991. The Hall–Kier alpha value is -0.340. The number of Topliss-reactive ketones (excluding diaryl/α,β-unsaturated/α-hetero) is 1. The first-order valence-corrected chi connectivity index (χ1v) is 5.19. The van der Waals surface area contributed by atoms with Crippen molar-refractivity contribution in [2.75, 3.05) is 0 Å². The average Bonchev–Trinajstić information content (AvgIpc) is 2.08. The molecule has 1 atom stereocenters. The highest BCUT2D eigenvalue weighted by atomic mass is 79.9. The highest BCUT2D eigenvalue weighted by molar-refractivity contribution is 9.10. The minimum Gasteiger partial charge on any atom is -0.293 e. The molecule has 1 rings (SSSR count). The van der Waals surface area contributed by atoms with Gasteiger partial charge in [-0.25, -0.2) is 0 Å². The van der Waals surface area contributed by atoms with E-state index >= 15 is 0 Å². The molecule has 0 aliphatic heterocycles. The van der Waals surface area contributed by atoms with Crippen LogP contribution in [0.5, 0.6) is 0 Å². The Morgan fingerprint density at radius 2 is 2.15 bits per heavy atom. The van der Waals surface area contributed by atoms with E-state index in [0.29, 0.717) is 5.56 Å². The number of alkyl halides is 1. The van der Waals surface area contributed by atoms with Gasteiger partial charge >= 0.3 is 0 Å². The van der Waals surface area contributed by atoms with Crippen molar-refractivity contribution in [1.82, 2.24) is 0 Å². The van der Waals surface area contributed by atoms with Gasteiger partial charge in [-0.2, -0.15) is 0 Å². The van der Waals surface area contributed by atoms with E-state index in [4.69, 9.17) is 11.6 Å². The van der Waals surface area contributed by atoms with Crippen molar-refractivity contribution in [1.29, 1.82) is 0 Å². The monoisotopic (exact) mass is 260 g/mol. The molecule has 0 heterocycles. The molecule has 0 fully saturated rings. The molecule has 0 aliphatic carbocycles. The van der Waals surface area contributed by atoms with E-state index in [0.717, 1.165) is 10.0 Å². The fraction of sp³-hybridized carbons (Fsp3) is 0.300. The largest absolute Gasteiger partial charge is 0.293 e. The van der Waals surface area contributed by atoms with Crippen LogP contribution in [-0.2, 0) is 0 Å². The fourth-order valence-corrected chi connectivity index (χ4v) is 1.55. The lowest BCUT2D eigenvalue weighted by Crippen LogP contribution is -2.11. The molecule has 0 aliphatic rings. The van der Waals surface area contributed by atoms with Crippen LogP contribution in [-0.4, -0.2) is 11.2 Å². The van der Waals surface area contributed by atoms with E-state index in [1.54, 1.807) is 13.0 Å². The van der Waals surface area contributed by atoms with Gasteiger partial charge in [-0.15, -0.1) is 11.6 Å². The van der Waals surface area contributed by atoms with Gasteiger partial charge in [0, 0.05) is 10.0 Å². The fourth-order valence-electron chi connectivity index (χ4n) is 1.07. The third kappa shape index (κ3) is 2.55. The van der Waals surface area contributed by atoms with Crippen LogP contribution in [0.15, 0.2) is 22.7 Å². The zero-order chi connectivity index (χ0) is 10.0. The Bertz CT molecular complexity index is 334. The van der Waals surface area contributed by atoms with Crippen LogP contribution < -0.4 is 0 Å². The minimum atomic E-state index is -0.465. The van der Waals surface area contributed by atoms with Crippen LogP contribution in [0, 0.1) is 6.92 Å². The number of hydrogen-bond donors (Lipinski definition) is 0. The second kappa shape index (κ2) is 4.25. The minimum absolute atomic E-state index is 0.0273. The summed E-state index contributed by atoms with van der Waals surface area (Å²) in [7, 11) is 0. The maximum atomic E-state index is 11.6. The van der Waals surface area contributed by atoms with Crippen molar-refractivity contribution in [2.24, 2.45) is 0 Å². The van der Waals surface area contributed by atoms with Gasteiger partial charge < -0.3 is 0 Å². The van der Waals surface area contributed by atoms with Gasteiger partial charge in [0.05, 0.1) is 5.38 Å². The van der Waals surface area contributed by atoms with Gasteiger partial charge in [-0.1, -0.05) is 22.0 Å². The van der Waals surface area contributed by atoms with E-state index < -0.39 is 5.38 Å². The molecule has 1 nitrogen and oxygen atoms in total. The summed E-state index contributed by atoms with van der Waals surface area (Å²) in [4.78, 5) is 11.6. The molecule has 0 N–H and O–H groups in total. The Kier molecular flexibility index (Phi) is 3.51. The van der Waals surface area contributed by atoms with Crippen molar-refractivity contribution in [3.8, 4) is 0 Å². The zero-order valence-electron chi connectivity index (χ0n) is 7.47. The summed E-state index contributed by atoms with van der Waals surface area (Å²) in [5, 5.41) is -0.465. The van der Waals surface area contributed by atoms with Gasteiger partial charge in [0.25, 0.3) is 0 Å². The zero-order valence-corrected chi connectivity index (χ0v) is 9.82. The lowest BCUT2D eigenvalue weighted by atomic mass is 10.0. The van der Waals surface area contributed by atoms with E-state index in [9.17, 15) is 4.79 Å². The van der Waals surface area contributed by atoms with E-state index in [1.807, 2.05) is 19.1 Å². The van der Waals surface area contributed by atoms with E-state index in [-0.39, 0.29) is 5.78 Å². The van der Waals surface area contributed by atoms with Crippen LogP contribution in [0.25, 0.3) is 0 Å². The average molecular weight is 262 g/mol. The van der Waals surface area contributed by atoms with E-state index in [2.05, 4.69) is 15.9 Å². The van der Waals surface area contributed by atoms with Crippen molar-refractivity contribution in [3.63, 3.8) is 0 Å². The first-order valence-electron chi connectivity index (χ1n) is 3.97. The summed E-state index contributed by atoms with van der Waals surface area (Å²) >= 11 is 9.04. The number of rotatable bonds is 2. The van der Waals surface area contributed by atoms with Crippen LogP contribution >= 0.6 is 27.5 Å². The Labute approximate surface area is 91.2 Å². The molecule has 70 valence electrons. The lowest BCUT2D eigenvalue weighted by Gasteiger charge is -2.06. The van der Waals surface area contributed by atoms with Crippen LogP contribution in [0.1, 0.15) is 22.8 Å². The van der Waals surface area contributed by atoms with Gasteiger partial charge in [-0.05, 0) is 31.5 Å². The number of hydrogen-bond acceptors (Lipinski definition) is 1. The Balaban J connectivity index is 3.13. The third-order valence-corrected chi connectivity index (χ3v) is 2.52. The molecule has 1 unspecified atom stereocenters. The number of benzene rings is 1. The molecule has 0 radical (unpaired) electrons. The maximum absolute atomic E-state index is 11.6. The molecule has 0 amide bonds. The predicted octanol–water partition coefficient (Wildman–Crippen LogP) is 3.57. The highest BCUT2D eigenvalue weighted by Gasteiger charge is 2.14. The molecule has 0 saturated carbocycles. The Morgan fingerprint density at radius 3 is 2.69 bits per heavy atom. The number of carbonyl (C=O) groups is 1. The van der Waals surface area contributed by atoms with Gasteiger partial charge in [0.2, 0.25) is 0 Å². The Morgan fingerprint density at radius 1 is 1.54 bits per heavy atom. The molecular weight excluding hydrogens is 251 g/mol. The summed E-state index contributed by atoms with van der Waals surface area (Å²) < 4.78 is 0.902. The number of halogens is 2. The number of carbonyl (C=O) groups excluding carboxylic acids is 1. The number of aryl methyl sites for hydroxylation is 1. The second-order valence-electron chi connectivity index (χ2n) is 2.94. The molecule has 1 aromatic rings. The summed E-state index contributed by atoms with van der Waals surface area (Å²) in [6.07, 6.45) is 0. The molecule has 0 spiro atoms. The van der Waals surface area contributed by atoms with Crippen molar-refractivity contribution in [3.05, 3.63) is 33.8 Å².